The molecule has 1 aromatic heterocycles. The highest BCUT2D eigenvalue weighted by atomic mass is 79.9. The zero-order valence-electron chi connectivity index (χ0n) is 8.65. The summed E-state index contributed by atoms with van der Waals surface area (Å²) in [4.78, 5) is 4.05. The second-order valence-electron chi connectivity index (χ2n) is 3.69. The zero-order chi connectivity index (χ0) is 11.8. The first kappa shape index (κ1) is 10.5. The number of hydrogen-bond acceptors (Lipinski definition) is 3. The number of nitrogens with one attached hydrogen (secondary N) is 1. The van der Waals surface area contributed by atoms with E-state index >= 15 is 0 Å². The molecule has 1 unspecified atom stereocenters. The molecule has 0 spiro atoms. The lowest BCUT2D eigenvalue weighted by atomic mass is 10.2. The molecule has 1 aliphatic rings. The number of ether oxygens (including phenoxy) is 1. The first-order chi connectivity index (χ1) is 8.22. The van der Waals surface area contributed by atoms with Crippen LogP contribution in [0.2, 0.25) is 0 Å². The molecule has 0 fully saturated rings. The highest BCUT2D eigenvalue weighted by Gasteiger charge is 2.23. The molecule has 5 heteroatoms. The fourth-order valence-electron chi connectivity index (χ4n) is 1.74. The molecule has 0 amide bonds. The third-order valence-electron chi connectivity index (χ3n) is 2.53. The van der Waals surface area contributed by atoms with Gasteiger partial charge in [-0.2, -0.15) is 0 Å². The van der Waals surface area contributed by atoms with E-state index in [1.807, 2.05) is 12.1 Å². The second kappa shape index (κ2) is 4.00. The predicted molar refractivity (Wildman–Crippen MR) is 65.3 cm³/mol. The van der Waals surface area contributed by atoms with Gasteiger partial charge in [0.1, 0.15) is 16.2 Å². The molecule has 2 aromatic rings. The maximum atomic E-state index is 13.0. The van der Waals surface area contributed by atoms with Gasteiger partial charge in [-0.1, -0.05) is 0 Å². The molecular weight excluding hydrogens is 287 g/mol. The van der Waals surface area contributed by atoms with Crippen LogP contribution in [0.15, 0.2) is 41.1 Å². The Bertz CT molecular complexity index is 576. The molecular formula is C12H8BrFN2O. The first-order valence-corrected chi connectivity index (χ1v) is 5.86. The highest BCUT2D eigenvalue weighted by Crippen LogP contribution is 2.38. The molecule has 0 bridgehead atoms. The Morgan fingerprint density at radius 3 is 3.00 bits per heavy atom. The predicted octanol–water partition coefficient (Wildman–Crippen LogP) is 3.49. The van der Waals surface area contributed by atoms with E-state index in [4.69, 9.17) is 4.74 Å². The molecule has 1 aliphatic heterocycles. The number of halogens is 2. The summed E-state index contributed by atoms with van der Waals surface area (Å²) in [5, 5.41) is 3.17. The Balaban J connectivity index is 1.91. The topological polar surface area (TPSA) is 34.1 Å². The van der Waals surface area contributed by atoms with Crippen molar-refractivity contribution in [1.82, 2.24) is 4.98 Å². The van der Waals surface area contributed by atoms with E-state index in [2.05, 4.69) is 26.2 Å². The summed E-state index contributed by atoms with van der Waals surface area (Å²) in [6.07, 6.45) is 1.39. The van der Waals surface area contributed by atoms with E-state index in [0.29, 0.717) is 5.75 Å². The smallest absolute Gasteiger partial charge is 0.196 e. The molecule has 1 aromatic carbocycles. The van der Waals surface area contributed by atoms with Crippen molar-refractivity contribution in [1.29, 1.82) is 0 Å². The van der Waals surface area contributed by atoms with Crippen molar-refractivity contribution < 1.29 is 9.13 Å². The molecule has 17 heavy (non-hydrogen) atoms. The lowest BCUT2D eigenvalue weighted by Gasteiger charge is -2.11. The van der Waals surface area contributed by atoms with Crippen LogP contribution in [0.1, 0.15) is 11.8 Å². The van der Waals surface area contributed by atoms with Crippen LogP contribution in [-0.2, 0) is 0 Å². The molecule has 0 saturated heterocycles. The fourth-order valence-corrected chi connectivity index (χ4v) is 2.13. The van der Waals surface area contributed by atoms with Crippen LogP contribution in [0.3, 0.4) is 0 Å². The normalized spacial score (nSPS) is 17.2. The maximum Gasteiger partial charge on any atom is 0.196 e. The van der Waals surface area contributed by atoms with Crippen LogP contribution < -0.4 is 10.1 Å². The Labute approximate surface area is 106 Å². The number of benzene rings is 1. The van der Waals surface area contributed by atoms with Gasteiger partial charge in [0.15, 0.2) is 6.23 Å². The van der Waals surface area contributed by atoms with Gasteiger partial charge in [-0.25, -0.2) is 9.37 Å². The lowest BCUT2D eigenvalue weighted by Crippen LogP contribution is -2.10. The summed E-state index contributed by atoms with van der Waals surface area (Å²) in [6.45, 7) is 0. The van der Waals surface area contributed by atoms with Crippen LogP contribution in [0.25, 0.3) is 0 Å². The average Bonchev–Trinajstić information content (AvgIpc) is 2.72. The van der Waals surface area contributed by atoms with Crippen LogP contribution in [-0.4, -0.2) is 4.98 Å². The van der Waals surface area contributed by atoms with Gasteiger partial charge >= 0.3 is 0 Å². The molecule has 2 heterocycles. The van der Waals surface area contributed by atoms with Gasteiger partial charge in [0.25, 0.3) is 0 Å². The summed E-state index contributed by atoms with van der Waals surface area (Å²) in [6, 6.07) is 8.16. The number of fused-ring (bicyclic) bond motifs is 1. The van der Waals surface area contributed by atoms with E-state index in [9.17, 15) is 4.39 Å². The van der Waals surface area contributed by atoms with E-state index in [-0.39, 0.29) is 12.0 Å². The number of aromatic nitrogens is 1. The van der Waals surface area contributed by atoms with E-state index in [0.717, 1.165) is 15.9 Å². The van der Waals surface area contributed by atoms with E-state index in [1.165, 1.54) is 12.1 Å². The van der Waals surface area contributed by atoms with Gasteiger partial charge in [-0.3, -0.25) is 0 Å². The largest absolute Gasteiger partial charge is 0.464 e. The van der Waals surface area contributed by atoms with Crippen molar-refractivity contribution in [2.75, 3.05) is 5.32 Å². The Morgan fingerprint density at radius 2 is 2.18 bits per heavy atom. The summed E-state index contributed by atoms with van der Waals surface area (Å²) in [5.41, 5.74) is 1.73. The summed E-state index contributed by atoms with van der Waals surface area (Å²) in [5.74, 6) is 0.227. The SMILES string of the molecule is Fc1ccc2c(c1)OC(c1ccnc(Br)c1)N2. The van der Waals surface area contributed by atoms with Crippen molar-refractivity contribution in [2.24, 2.45) is 0 Å². The Hall–Kier alpha value is -1.62. The number of pyridine rings is 1. The maximum absolute atomic E-state index is 13.0. The van der Waals surface area contributed by atoms with Gasteiger partial charge < -0.3 is 10.1 Å². The van der Waals surface area contributed by atoms with Crippen molar-refractivity contribution >= 4 is 21.6 Å². The monoisotopic (exact) mass is 294 g/mol. The molecule has 86 valence electrons. The molecule has 1 N–H and O–H groups in total. The van der Waals surface area contributed by atoms with Crippen molar-refractivity contribution in [3.63, 3.8) is 0 Å². The summed E-state index contributed by atoms with van der Waals surface area (Å²) < 4.78 is 19.4. The lowest BCUT2D eigenvalue weighted by molar-refractivity contribution is 0.258. The van der Waals surface area contributed by atoms with Gasteiger partial charge in [0, 0.05) is 17.8 Å². The van der Waals surface area contributed by atoms with Crippen molar-refractivity contribution in [3.8, 4) is 5.75 Å². The van der Waals surface area contributed by atoms with E-state index < -0.39 is 0 Å². The third-order valence-corrected chi connectivity index (χ3v) is 2.96. The Morgan fingerprint density at radius 1 is 1.29 bits per heavy atom. The minimum Gasteiger partial charge on any atom is -0.464 e. The zero-order valence-corrected chi connectivity index (χ0v) is 10.2. The van der Waals surface area contributed by atoms with Crippen molar-refractivity contribution in [2.45, 2.75) is 6.23 Å². The van der Waals surface area contributed by atoms with Crippen LogP contribution in [0.5, 0.6) is 5.75 Å². The van der Waals surface area contributed by atoms with Gasteiger partial charge in [-0.15, -0.1) is 0 Å². The number of nitrogens with zero attached hydrogens (tertiary/aromatic N) is 1. The minimum atomic E-state index is -0.304. The molecule has 0 radical (unpaired) electrons. The summed E-state index contributed by atoms with van der Waals surface area (Å²) >= 11 is 3.30. The standard InChI is InChI=1S/C12H8BrFN2O/c13-11-5-7(3-4-15-11)12-16-9-2-1-8(14)6-10(9)17-12/h1-6,12,16H. The molecule has 3 rings (SSSR count). The van der Waals surface area contributed by atoms with Crippen LogP contribution in [0.4, 0.5) is 10.1 Å². The number of rotatable bonds is 1. The minimum absolute atomic E-state index is 0.300. The molecule has 0 saturated carbocycles. The van der Waals surface area contributed by atoms with E-state index in [1.54, 1.807) is 12.3 Å². The fraction of sp³-hybridized carbons (Fsp3) is 0.0833. The average molecular weight is 295 g/mol. The second-order valence-corrected chi connectivity index (χ2v) is 4.51. The highest BCUT2D eigenvalue weighted by molar-refractivity contribution is 9.10. The molecule has 0 aliphatic carbocycles. The summed E-state index contributed by atoms with van der Waals surface area (Å²) in [7, 11) is 0. The number of hydrogen-bond donors (Lipinski definition) is 1. The van der Waals surface area contributed by atoms with Crippen LogP contribution >= 0.6 is 15.9 Å². The first-order valence-electron chi connectivity index (χ1n) is 5.06. The molecule has 1 atom stereocenters. The van der Waals surface area contributed by atoms with Crippen molar-refractivity contribution in [3.05, 3.63) is 52.5 Å². The third kappa shape index (κ3) is 1.98. The van der Waals surface area contributed by atoms with Gasteiger partial charge in [0.2, 0.25) is 0 Å². The Kier molecular flexibility index (Phi) is 2.48. The van der Waals surface area contributed by atoms with Crippen LogP contribution in [0, 0.1) is 5.82 Å². The van der Waals surface area contributed by atoms with Gasteiger partial charge in [-0.05, 0) is 40.2 Å². The quantitative estimate of drug-likeness (QED) is 0.818. The number of anilines is 1. The molecule has 3 nitrogen and oxygen atoms in total. The van der Waals surface area contributed by atoms with Gasteiger partial charge in [0.05, 0.1) is 5.69 Å².